The second kappa shape index (κ2) is 3.65. The van der Waals surface area contributed by atoms with Crippen molar-refractivity contribution in [3.05, 3.63) is 12.3 Å². The molecule has 0 aliphatic carbocycles. The highest BCUT2D eigenvalue weighted by Gasteiger charge is 1.97. The van der Waals surface area contributed by atoms with Gasteiger partial charge in [-0.15, -0.1) is 0 Å². The van der Waals surface area contributed by atoms with E-state index < -0.39 is 5.97 Å². The van der Waals surface area contributed by atoms with Gasteiger partial charge in [-0.3, -0.25) is 4.79 Å². The summed E-state index contributed by atoms with van der Waals surface area (Å²) < 4.78 is 0. The normalized spacial score (nSPS) is 9.78. The van der Waals surface area contributed by atoms with Crippen LogP contribution in [0.4, 0.5) is 0 Å². The average Bonchev–Trinajstić information content (AvgIpc) is 1.63. The molecule has 0 heterocycles. The number of hydrogen-bond acceptors (Lipinski definition) is 3. The summed E-state index contributed by atoms with van der Waals surface area (Å²) >= 11 is 0. The molecule has 0 radical (unpaired) electrons. The molecular weight excluding hydrogens is 120 g/mol. The summed E-state index contributed by atoms with van der Waals surface area (Å²) in [6, 6.07) is 0. The molecule has 4 heteroatoms. The highest BCUT2D eigenvalue weighted by Crippen LogP contribution is 1.83. The first-order valence-electron chi connectivity index (χ1n) is 2.34. The fourth-order valence-corrected chi connectivity index (χ4v) is 0.338. The number of carbonyl (C=O) groups is 1. The maximum atomic E-state index is 9.87. The van der Waals surface area contributed by atoms with Crippen molar-refractivity contribution < 1.29 is 9.90 Å². The van der Waals surface area contributed by atoms with Gasteiger partial charge >= 0.3 is 5.97 Å². The van der Waals surface area contributed by atoms with Crippen molar-refractivity contribution in [3.63, 3.8) is 0 Å². The van der Waals surface area contributed by atoms with E-state index in [4.69, 9.17) is 16.2 Å². The van der Waals surface area contributed by atoms with Crippen LogP contribution in [-0.4, -0.2) is 16.8 Å². The minimum atomic E-state index is -1.02. The van der Waals surface area contributed by atoms with Gasteiger partial charge in [0.15, 0.2) is 0 Å². The third-order valence-electron chi connectivity index (χ3n) is 0.639. The van der Waals surface area contributed by atoms with Gasteiger partial charge in [-0.25, -0.2) is 0 Å². The lowest BCUT2D eigenvalue weighted by Gasteiger charge is -1.88. The maximum Gasteiger partial charge on any atom is 0.309 e. The second-order valence-corrected chi connectivity index (χ2v) is 1.45. The van der Waals surface area contributed by atoms with Gasteiger partial charge in [0.2, 0.25) is 0 Å². The first-order chi connectivity index (χ1) is 4.16. The number of carboxylic acid groups (broad SMARTS) is 1. The van der Waals surface area contributed by atoms with Gasteiger partial charge in [-0.1, -0.05) is 0 Å². The van der Waals surface area contributed by atoms with Crippen LogP contribution in [0, 0.1) is 5.41 Å². The zero-order chi connectivity index (χ0) is 7.28. The molecule has 0 spiro atoms. The fourth-order valence-electron chi connectivity index (χ4n) is 0.338. The van der Waals surface area contributed by atoms with Crippen LogP contribution in [0.2, 0.25) is 0 Å². The molecule has 0 fully saturated rings. The summed E-state index contributed by atoms with van der Waals surface area (Å²) in [6.45, 7) is 0. The Morgan fingerprint density at radius 2 is 2.33 bits per heavy atom. The van der Waals surface area contributed by atoms with Crippen LogP contribution in [0.3, 0.4) is 0 Å². The van der Waals surface area contributed by atoms with Gasteiger partial charge in [0.05, 0.1) is 6.42 Å². The van der Waals surface area contributed by atoms with E-state index in [1.807, 2.05) is 0 Å². The molecule has 0 aliphatic rings. The third-order valence-corrected chi connectivity index (χ3v) is 0.639. The van der Waals surface area contributed by atoms with Crippen molar-refractivity contribution in [2.24, 2.45) is 5.73 Å². The number of nitrogens with one attached hydrogen (secondary N) is 1. The number of rotatable bonds is 3. The predicted octanol–water partition coefficient (Wildman–Crippen LogP) is -0.0467. The summed E-state index contributed by atoms with van der Waals surface area (Å²) in [7, 11) is 0. The Labute approximate surface area is 52.5 Å². The molecule has 50 valence electrons. The van der Waals surface area contributed by atoms with Gasteiger partial charge in [-0.2, -0.15) is 0 Å². The zero-order valence-electron chi connectivity index (χ0n) is 4.79. The van der Waals surface area contributed by atoms with E-state index in [2.05, 4.69) is 0 Å². The number of hydrogen-bond donors (Lipinski definition) is 3. The van der Waals surface area contributed by atoms with Crippen LogP contribution in [-0.2, 0) is 4.79 Å². The molecule has 0 saturated heterocycles. The summed E-state index contributed by atoms with van der Waals surface area (Å²) in [4.78, 5) is 9.87. The lowest BCUT2D eigenvalue weighted by atomic mass is 10.3. The second-order valence-electron chi connectivity index (χ2n) is 1.45. The first kappa shape index (κ1) is 7.68. The van der Waals surface area contributed by atoms with E-state index in [1.54, 1.807) is 0 Å². The molecule has 0 bridgehead atoms. The van der Waals surface area contributed by atoms with Gasteiger partial charge in [0, 0.05) is 5.71 Å². The predicted molar refractivity (Wildman–Crippen MR) is 33.3 cm³/mol. The van der Waals surface area contributed by atoms with Gasteiger partial charge in [-0.05, 0) is 12.3 Å². The van der Waals surface area contributed by atoms with Crippen molar-refractivity contribution in [2.45, 2.75) is 6.42 Å². The SMILES string of the molecule is N=C(/C=C\N)CC(=O)O. The van der Waals surface area contributed by atoms with Gasteiger partial charge in [0.25, 0.3) is 0 Å². The van der Waals surface area contributed by atoms with E-state index >= 15 is 0 Å². The first-order valence-corrected chi connectivity index (χ1v) is 2.34. The van der Waals surface area contributed by atoms with Crippen molar-refractivity contribution in [3.8, 4) is 0 Å². The highest BCUT2D eigenvalue weighted by atomic mass is 16.4. The largest absolute Gasteiger partial charge is 0.481 e. The van der Waals surface area contributed by atoms with Crippen molar-refractivity contribution in [1.82, 2.24) is 0 Å². The van der Waals surface area contributed by atoms with Crippen molar-refractivity contribution in [2.75, 3.05) is 0 Å². The molecule has 0 rings (SSSR count). The van der Waals surface area contributed by atoms with Crippen LogP contribution in [0.5, 0.6) is 0 Å². The van der Waals surface area contributed by atoms with Crippen LogP contribution < -0.4 is 5.73 Å². The van der Waals surface area contributed by atoms with Crippen LogP contribution in [0.1, 0.15) is 6.42 Å². The van der Waals surface area contributed by atoms with E-state index in [1.165, 1.54) is 6.08 Å². The Morgan fingerprint density at radius 1 is 1.78 bits per heavy atom. The molecule has 0 saturated carbocycles. The number of carboxylic acids is 1. The Balaban J connectivity index is 3.64. The van der Waals surface area contributed by atoms with E-state index in [9.17, 15) is 4.79 Å². The molecule has 4 N–H and O–H groups in total. The minimum absolute atomic E-state index is 0.00463. The van der Waals surface area contributed by atoms with Crippen molar-refractivity contribution >= 4 is 11.7 Å². The summed E-state index contributed by atoms with van der Waals surface area (Å²) in [5.74, 6) is -1.02. The Kier molecular flexibility index (Phi) is 3.12. The third kappa shape index (κ3) is 4.53. The maximum absolute atomic E-state index is 9.87. The molecule has 9 heavy (non-hydrogen) atoms. The molecule has 0 aliphatic heterocycles. The lowest BCUT2D eigenvalue weighted by molar-refractivity contribution is -0.135. The smallest absolute Gasteiger partial charge is 0.309 e. The van der Waals surface area contributed by atoms with Gasteiger partial charge in [0.1, 0.15) is 0 Å². The zero-order valence-corrected chi connectivity index (χ0v) is 4.79. The van der Waals surface area contributed by atoms with Crippen molar-refractivity contribution in [1.29, 1.82) is 5.41 Å². The molecule has 0 atom stereocenters. The number of allylic oxidation sites excluding steroid dienone is 1. The molecule has 0 amide bonds. The fraction of sp³-hybridized carbons (Fsp3) is 0.200. The highest BCUT2D eigenvalue weighted by molar-refractivity contribution is 6.02. The lowest BCUT2D eigenvalue weighted by Crippen LogP contribution is -2.02. The standard InChI is InChI=1S/C5H8N2O2/c6-2-1-4(7)3-5(8)9/h1-2,7H,3,6H2,(H,8,9)/b2-1-,7-4?. The Bertz CT molecular complexity index is 151. The van der Waals surface area contributed by atoms with Crippen LogP contribution in [0.25, 0.3) is 0 Å². The average molecular weight is 128 g/mol. The molecule has 0 aromatic carbocycles. The van der Waals surface area contributed by atoms with E-state index in [0.717, 1.165) is 6.20 Å². The summed E-state index contributed by atoms with van der Waals surface area (Å²) in [6.07, 6.45) is 2.12. The minimum Gasteiger partial charge on any atom is -0.481 e. The summed E-state index contributed by atoms with van der Waals surface area (Å²) in [5.41, 5.74) is 4.90. The molecule has 0 aromatic heterocycles. The Morgan fingerprint density at radius 3 is 2.67 bits per heavy atom. The van der Waals surface area contributed by atoms with Crippen LogP contribution >= 0.6 is 0 Å². The Hall–Kier alpha value is -1.32. The summed E-state index contributed by atoms with van der Waals surface area (Å²) in [5, 5.41) is 15.0. The molecular formula is C5H8N2O2. The van der Waals surface area contributed by atoms with Gasteiger partial charge < -0.3 is 16.2 Å². The van der Waals surface area contributed by atoms with E-state index in [0.29, 0.717) is 0 Å². The van der Waals surface area contributed by atoms with E-state index in [-0.39, 0.29) is 12.1 Å². The molecule has 0 aromatic rings. The quantitative estimate of drug-likeness (QED) is 0.466. The topological polar surface area (TPSA) is 87.2 Å². The number of nitrogens with two attached hydrogens (primary N) is 1. The molecule has 4 nitrogen and oxygen atoms in total. The number of aliphatic carboxylic acids is 1. The van der Waals surface area contributed by atoms with Crippen LogP contribution in [0.15, 0.2) is 12.3 Å². The monoisotopic (exact) mass is 128 g/mol. The molecule has 0 unspecified atom stereocenters.